The lowest BCUT2D eigenvalue weighted by Gasteiger charge is -2.24. The van der Waals surface area contributed by atoms with Gasteiger partial charge in [0.2, 0.25) is 0 Å². The topological polar surface area (TPSA) is 24.5 Å². The average molecular weight is 278 g/mol. The number of anilines is 1. The van der Waals surface area contributed by atoms with E-state index in [0.29, 0.717) is 0 Å². The molecule has 1 rings (SSSR count). The Morgan fingerprint density at radius 1 is 1.25 bits per heavy atom. The fourth-order valence-corrected chi connectivity index (χ4v) is 2.29. The minimum atomic E-state index is 0.762. The van der Waals surface area contributed by atoms with Crippen molar-refractivity contribution in [2.24, 2.45) is 0 Å². The summed E-state index contributed by atoms with van der Waals surface area (Å²) in [6.07, 6.45) is 2.50. The molecule has 114 valence electrons. The Morgan fingerprint density at radius 3 is 2.65 bits per heavy atom. The second-order valence-electron chi connectivity index (χ2n) is 5.21. The van der Waals surface area contributed by atoms with Gasteiger partial charge in [-0.2, -0.15) is 0 Å². The molecule has 0 aliphatic rings. The van der Waals surface area contributed by atoms with Gasteiger partial charge in [-0.25, -0.2) is 0 Å². The maximum absolute atomic E-state index is 5.04. The predicted molar refractivity (Wildman–Crippen MR) is 87.6 cm³/mol. The summed E-state index contributed by atoms with van der Waals surface area (Å²) in [5, 5.41) is 3.40. The molecule has 3 heteroatoms. The predicted octanol–water partition coefficient (Wildman–Crippen LogP) is 3.36. The first-order valence-corrected chi connectivity index (χ1v) is 7.77. The van der Waals surface area contributed by atoms with E-state index in [1.54, 1.807) is 7.11 Å². The lowest BCUT2D eigenvalue weighted by atomic mass is 10.1. The van der Waals surface area contributed by atoms with Gasteiger partial charge in [0.15, 0.2) is 0 Å². The van der Waals surface area contributed by atoms with Gasteiger partial charge in [-0.3, -0.25) is 0 Å². The Hall–Kier alpha value is -1.06. The lowest BCUT2D eigenvalue weighted by molar-refractivity contribution is 0.199. The average Bonchev–Trinajstić information content (AvgIpc) is 2.46. The van der Waals surface area contributed by atoms with Gasteiger partial charge in [-0.05, 0) is 43.5 Å². The summed E-state index contributed by atoms with van der Waals surface area (Å²) < 4.78 is 5.04. The van der Waals surface area contributed by atoms with Gasteiger partial charge in [0.25, 0.3) is 0 Å². The van der Waals surface area contributed by atoms with E-state index in [1.165, 1.54) is 29.7 Å². The van der Waals surface area contributed by atoms with E-state index >= 15 is 0 Å². The molecule has 0 aromatic heterocycles. The molecule has 0 aliphatic carbocycles. The van der Waals surface area contributed by atoms with Crippen molar-refractivity contribution in [3.05, 3.63) is 29.3 Å². The van der Waals surface area contributed by atoms with Crippen molar-refractivity contribution in [1.29, 1.82) is 0 Å². The Kier molecular flexibility index (Phi) is 8.31. The van der Waals surface area contributed by atoms with E-state index < -0.39 is 0 Å². The van der Waals surface area contributed by atoms with Crippen LogP contribution in [0.15, 0.2) is 18.2 Å². The van der Waals surface area contributed by atoms with Gasteiger partial charge >= 0.3 is 0 Å². The fraction of sp³-hybridized carbons (Fsp3) is 0.647. The number of hydrogen-bond donors (Lipinski definition) is 1. The van der Waals surface area contributed by atoms with Gasteiger partial charge < -0.3 is 15.0 Å². The standard InChI is InChI=1S/C17H30N2O/c1-5-7-11-19(6-2)17-9-8-16(15(3)13-17)14-18-10-12-20-4/h8-9,13,18H,5-7,10-12,14H2,1-4H3. The molecule has 0 saturated carbocycles. The fourth-order valence-electron chi connectivity index (χ4n) is 2.29. The zero-order chi connectivity index (χ0) is 14.8. The molecule has 1 aromatic rings. The molecule has 1 N–H and O–H groups in total. The van der Waals surface area contributed by atoms with E-state index in [0.717, 1.165) is 32.8 Å². The molecule has 0 saturated heterocycles. The summed E-state index contributed by atoms with van der Waals surface area (Å²) >= 11 is 0. The Labute approximate surface area is 124 Å². The van der Waals surface area contributed by atoms with Crippen LogP contribution in [0.4, 0.5) is 5.69 Å². The normalized spacial score (nSPS) is 10.8. The first-order chi connectivity index (χ1) is 9.72. The van der Waals surface area contributed by atoms with Crippen molar-refractivity contribution in [1.82, 2.24) is 5.32 Å². The highest BCUT2D eigenvalue weighted by atomic mass is 16.5. The molecular formula is C17H30N2O. The molecule has 0 aliphatic heterocycles. The van der Waals surface area contributed by atoms with Crippen LogP contribution >= 0.6 is 0 Å². The van der Waals surface area contributed by atoms with Crippen LogP contribution in [0.5, 0.6) is 0 Å². The van der Waals surface area contributed by atoms with Gasteiger partial charge in [0.05, 0.1) is 6.61 Å². The maximum Gasteiger partial charge on any atom is 0.0587 e. The van der Waals surface area contributed by atoms with Crippen molar-refractivity contribution in [2.45, 2.75) is 40.2 Å². The van der Waals surface area contributed by atoms with Crippen LogP contribution in [0.25, 0.3) is 0 Å². The third-order valence-electron chi connectivity index (χ3n) is 3.65. The van der Waals surface area contributed by atoms with Crippen LogP contribution in [0, 0.1) is 6.92 Å². The quantitative estimate of drug-likeness (QED) is 0.664. The van der Waals surface area contributed by atoms with E-state index in [2.05, 4.69) is 49.2 Å². The number of unbranched alkanes of at least 4 members (excludes halogenated alkanes) is 1. The van der Waals surface area contributed by atoms with Crippen molar-refractivity contribution in [3.63, 3.8) is 0 Å². The number of benzene rings is 1. The molecule has 0 bridgehead atoms. The van der Waals surface area contributed by atoms with Crippen LogP contribution in [0.3, 0.4) is 0 Å². The van der Waals surface area contributed by atoms with Gasteiger partial charge in [-0.15, -0.1) is 0 Å². The zero-order valence-corrected chi connectivity index (χ0v) is 13.5. The number of methoxy groups -OCH3 is 1. The van der Waals surface area contributed by atoms with Crippen LogP contribution in [-0.2, 0) is 11.3 Å². The first kappa shape index (κ1) is 17.0. The summed E-state index contributed by atoms with van der Waals surface area (Å²) in [6, 6.07) is 6.81. The van der Waals surface area contributed by atoms with E-state index in [9.17, 15) is 0 Å². The number of hydrogen-bond acceptors (Lipinski definition) is 3. The van der Waals surface area contributed by atoms with Crippen molar-refractivity contribution in [2.75, 3.05) is 38.3 Å². The molecule has 0 unspecified atom stereocenters. The molecule has 0 atom stereocenters. The number of aryl methyl sites for hydroxylation is 1. The molecule has 0 fully saturated rings. The van der Waals surface area contributed by atoms with E-state index in [4.69, 9.17) is 4.74 Å². The highest BCUT2D eigenvalue weighted by Gasteiger charge is 2.06. The van der Waals surface area contributed by atoms with Crippen molar-refractivity contribution >= 4 is 5.69 Å². The number of nitrogens with one attached hydrogen (secondary N) is 1. The molecule has 1 aromatic carbocycles. The summed E-state index contributed by atoms with van der Waals surface area (Å²) in [5.41, 5.74) is 4.08. The van der Waals surface area contributed by atoms with E-state index in [1.807, 2.05) is 0 Å². The number of ether oxygens (including phenoxy) is 1. The minimum Gasteiger partial charge on any atom is -0.383 e. The molecule has 0 radical (unpaired) electrons. The summed E-state index contributed by atoms with van der Waals surface area (Å²) in [4.78, 5) is 2.46. The van der Waals surface area contributed by atoms with Crippen molar-refractivity contribution in [3.8, 4) is 0 Å². The molecule has 3 nitrogen and oxygen atoms in total. The zero-order valence-electron chi connectivity index (χ0n) is 13.5. The van der Waals surface area contributed by atoms with Gasteiger partial charge in [-0.1, -0.05) is 19.4 Å². The Morgan fingerprint density at radius 2 is 2.05 bits per heavy atom. The van der Waals surface area contributed by atoms with E-state index in [-0.39, 0.29) is 0 Å². The number of nitrogens with zero attached hydrogens (tertiary/aromatic N) is 1. The van der Waals surface area contributed by atoms with Crippen LogP contribution < -0.4 is 10.2 Å². The highest BCUT2D eigenvalue weighted by Crippen LogP contribution is 2.19. The third kappa shape index (κ3) is 5.51. The monoisotopic (exact) mass is 278 g/mol. The molecule has 0 amide bonds. The second kappa shape index (κ2) is 9.78. The summed E-state index contributed by atoms with van der Waals surface area (Å²) in [7, 11) is 1.73. The third-order valence-corrected chi connectivity index (χ3v) is 3.65. The molecule has 0 heterocycles. The van der Waals surface area contributed by atoms with Crippen LogP contribution in [0.1, 0.15) is 37.8 Å². The first-order valence-electron chi connectivity index (χ1n) is 7.77. The van der Waals surface area contributed by atoms with Gasteiger partial charge in [0, 0.05) is 39.0 Å². The lowest BCUT2D eigenvalue weighted by Crippen LogP contribution is -2.24. The molecule has 0 spiro atoms. The Balaban J connectivity index is 2.61. The number of rotatable bonds is 10. The van der Waals surface area contributed by atoms with Crippen molar-refractivity contribution < 1.29 is 4.74 Å². The van der Waals surface area contributed by atoms with Gasteiger partial charge in [0.1, 0.15) is 0 Å². The SMILES string of the molecule is CCCCN(CC)c1ccc(CNCCOC)c(C)c1. The highest BCUT2D eigenvalue weighted by molar-refractivity contribution is 5.50. The maximum atomic E-state index is 5.04. The van der Waals surface area contributed by atoms with Crippen LogP contribution in [0.2, 0.25) is 0 Å². The molecule has 20 heavy (non-hydrogen) atoms. The summed E-state index contributed by atoms with van der Waals surface area (Å²) in [6.45, 7) is 11.5. The van der Waals surface area contributed by atoms with Crippen LogP contribution in [-0.4, -0.2) is 33.4 Å². The second-order valence-corrected chi connectivity index (χ2v) is 5.21. The largest absolute Gasteiger partial charge is 0.383 e. The molecular weight excluding hydrogens is 248 g/mol. The Bertz CT molecular complexity index is 379. The minimum absolute atomic E-state index is 0.762. The smallest absolute Gasteiger partial charge is 0.0587 e. The summed E-state index contributed by atoms with van der Waals surface area (Å²) in [5.74, 6) is 0.